The fraction of sp³-hybridized carbons (Fsp3) is 0.364. The van der Waals surface area contributed by atoms with Gasteiger partial charge in [0.25, 0.3) is 0 Å². The number of halogens is 1. The Hall–Kier alpha value is -1.02. The number of hydrogen-bond donors (Lipinski definition) is 1. The summed E-state index contributed by atoms with van der Waals surface area (Å²) in [5.74, 6) is 0.193. The molecule has 0 bridgehead atoms. The average molecular weight is 210 g/mol. The fourth-order valence-electron chi connectivity index (χ4n) is 1.77. The van der Waals surface area contributed by atoms with E-state index < -0.39 is 5.91 Å². The van der Waals surface area contributed by atoms with Crippen LogP contribution in [0.1, 0.15) is 40.2 Å². The van der Waals surface area contributed by atoms with Crippen molar-refractivity contribution in [3.8, 4) is 0 Å². The molecule has 2 nitrogen and oxygen atoms in total. The van der Waals surface area contributed by atoms with Crippen LogP contribution in [-0.4, -0.2) is 5.91 Å². The van der Waals surface area contributed by atoms with E-state index in [4.69, 9.17) is 17.3 Å². The van der Waals surface area contributed by atoms with Gasteiger partial charge in [-0.15, -0.1) is 0 Å². The summed E-state index contributed by atoms with van der Waals surface area (Å²) < 4.78 is 0. The van der Waals surface area contributed by atoms with Crippen molar-refractivity contribution in [2.45, 2.75) is 25.7 Å². The van der Waals surface area contributed by atoms with Gasteiger partial charge in [0, 0.05) is 10.6 Å². The second-order valence-corrected chi connectivity index (χ2v) is 4.24. The molecule has 0 aromatic heterocycles. The Kier molecular flexibility index (Phi) is 2.23. The zero-order chi connectivity index (χ0) is 10.3. The van der Waals surface area contributed by atoms with Crippen LogP contribution in [0.3, 0.4) is 0 Å². The zero-order valence-corrected chi connectivity index (χ0v) is 8.77. The summed E-state index contributed by atoms with van der Waals surface area (Å²) in [4.78, 5) is 11.1. The first-order chi connectivity index (χ1) is 6.59. The summed E-state index contributed by atoms with van der Waals surface area (Å²) in [5.41, 5.74) is 8.01. The van der Waals surface area contributed by atoms with Crippen molar-refractivity contribution < 1.29 is 4.79 Å². The van der Waals surface area contributed by atoms with Crippen molar-refractivity contribution in [1.82, 2.24) is 0 Å². The van der Waals surface area contributed by atoms with E-state index in [1.807, 2.05) is 13.0 Å². The first kappa shape index (κ1) is 9.53. The number of rotatable bonds is 2. The minimum atomic E-state index is -0.396. The van der Waals surface area contributed by atoms with E-state index in [1.54, 1.807) is 6.07 Å². The summed E-state index contributed by atoms with van der Waals surface area (Å²) in [6.07, 6.45) is 2.39. The molecule has 1 aromatic carbocycles. The van der Waals surface area contributed by atoms with Crippen LogP contribution >= 0.6 is 11.6 Å². The smallest absolute Gasteiger partial charge is 0.249 e. The third-order valence-corrected chi connectivity index (χ3v) is 2.91. The van der Waals surface area contributed by atoms with Gasteiger partial charge in [0.15, 0.2) is 0 Å². The highest BCUT2D eigenvalue weighted by Crippen LogP contribution is 2.43. The second kappa shape index (κ2) is 3.28. The Balaban J connectivity index is 2.55. The van der Waals surface area contributed by atoms with Crippen LogP contribution in [0.5, 0.6) is 0 Å². The standard InChI is InChI=1S/C11H12ClNO/c1-6-9(7-2-3-7)4-8(12)5-10(6)11(13)14/h4-5,7H,2-3H2,1H3,(H2,13,14). The van der Waals surface area contributed by atoms with Crippen LogP contribution in [0.25, 0.3) is 0 Å². The van der Waals surface area contributed by atoms with Gasteiger partial charge in [0.1, 0.15) is 0 Å². The zero-order valence-electron chi connectivity index (χ0n) is 8.01. The summed E-state index contributed by atoms with van der Waals surface area (Å²) in [6, 6.07) is 3.59. The molecule has 1 aliphatic carbocycles. The number of carbonyl (C=O) groups is 1. The first-order valence-electron chi connectivity index (χ1n) is 4.69. The van der Waals surface area contributed by atoms with E-state index in [-0.39, 0.29) is 0 Å². The average Bonchev–Trinajstić information content (AvgIpc) is 2.91. The number of carbonyl (C=O) groups excluding carboxylic acids is 1. The van der Waals surface area contributed by atoms with Crippen molar-refractivity contribution in [3.63, 3.8) is 0 Å². The molecule has 14 heavy (non-hydrogen) atoms. The number of nitrogens with two attached hydrogens (primary N) is 1. The molecule has 1 fully saturated rings. The van der Waals surface area contributed by atoms with Crippen LogP contribution in [-0.2, 0) is 0 Å². The summed E-state index contributed by atoms with van der Waals surface area (Å²) >= 11 is 5.93. The lowest BCUT2D eigenvalue weighted by Crippen LogP contribution is -2.13. The minimum absolute atomic E-state index is 0.396. The highest BCUT2D eigenvalue weighted by atomic mass is 35.5. The van der Waals surface area contributed by atoms with E-state index in [2.05, 4.69) is 0 Å². The van der Waals surface area contributed by atoms with Crippen LogP contribution in [0.2, 0.25) is 5.02 Å². The lowest BCUT2D eigenvalue weighted by molar-refractivity contribution is 0.0999. The lowest BCUT2D eigenvalue weighted by atomic mass is 9.99. The molecule has 1 aliphatic rings. The van der Waals surface area contributed by atoms with E-state index in [0.717, 1.165) is 5.56 Å². The molecule has 74 valence electrons. The Morgan fingerprint density at radius 3 is 2.64 bits per heavy atom. The van der Waals surface area contributed by atoms with Gasteiger partial charge in [-0.3, -0.25) is 4.79 Å². The number of amides is 1. The summed E-state index contributed by atoms with van der Waals surface area (Å²) in [5, 5.41) is 0.603. The molecule has 0 heterocycles. The molecular formula is C11H12ClNO. The fourth-order valence-corrected chi connectivity index (χ4v) is 2.00. The van der Waals surface area contributed by atoms with Gasteiger partial charge in [-0.05, 0) is 48.9 Å². The Morgan fingerprint density at radius 1 is 1.50 bits per heavy atom. The molecule has 0 unspecified atom stereocenters. The Bertz CT molecular complexity index is 397. The first-order valence-corrected chi connectivity index (χ1v) is 5.07. The van der Waals surface area contributed by atoms with Gasteiger partial charge in [-0.1, -0.05) is 11.6 Å². The van der Waals surface area contributed by atoms with Crippen molar-refractivity contribution in [3.05, 3.63) is 33.8 Å². The largest absolute Gasteiger partial charge is 0.366 e. The van der Waals surface area contributed by atoms with Crippen molar-refractivity contribution in [1.29, 1.82) is 0 Å². The topological polar surface area (TPSA) is 43.1 Å². The van der Waals surface area contributed by atoms with Crippen LogP contribution < -0.4 is 5.73 Å². The van der Waals surface area contributed by atoms with Crippen LogP contribution in [0.15, 0.2) is 12.1 Å². The van der Waals surface area contributed by atoms with Gasteiger partial charge >= 0.3 is 0 Å². The van der Waals surface area contributed by atoms with E-state index in [0.29, 0.717) is 16.5 Å². The monoisotopic (exact) mass is 209 g/mol. The van der Waals surface area contributed by atoms with Crippen LogP contribution in [0.4, 0.5) is 0 Å². The van der Waals surface area contributed by atoms with Crippen molar-refractivity contribution in [2.24, 2.45) is 5.73 Å². The predicted octanol–water partition coefficient (Wildman–Crippen LogP) is 2.62. The molecule has 2 rings (SSSR count). The maximum atomic E-state index is 11.1. The molecule has 0 saturated heterocycles. The van der Waals surface area contributed by atoms with Gasteiger partial charge in [0.2, 0.25) is 5.91 Å². The molecule has 1 aromatic rings. The number of benzene rings is 1. The van der Waals surface area contributed by atoms with Gasteiger partial charge in [-0.25, -0.2) is 0 Å². The Morgan fingerprint density at radius 2 is 2.14 bits per heavy atom. The quantitative estimate of drug-likeness (QED) is 0.800. The molecule has 3 heteroatoms. The molecule has 2 N–H and O–H groups in total. The molecule has 0 aliphatic heterocycles. The summed E-state index contributed by atoms with van der Waals surface area (Å²) in [7, 11) is 0. The molecule has 1 amide bonds. The van der Waals surface area contributed by atoms with Gasteiger partial charge < -0.3 is 5.73 Å². The third-order valence-electron chi connectivity index (χ3n) is 2.70. The maximum Gasteiger partial charge on any atom is 0.249 e. The van der Waals surface area contributed by atoms with E-state index in [9.17, 15) is 4.79 Å². The molecule has 0 radical (unpaired) electrons. The Labute approximate surface area is 88.1 Å². The van der Waals surface area contributed by atoms with Crippen LogP contribution in [0, 0.1) is 6.92 Å². The van der Waals surface area contributed by atoms with E-state index >= 15 is 0 Å². The molecule has 1 saturated carbocycles. The predicted molar refractivity (Wildman–Crippen MR) is 56.7 cm³/mol. The lowest BCUT2D eigenvalue weighted by Gasteiger charge is -2.09. The van der Waals surface area contributed by atoms with Gasteiger partial charge in [-0.2, -0.15) is 0 Å². The summed E-state index contributed by atoms with van der Waals surface area (Å²) in [6.45, 7) is 1.93. The molecule has 0 atom stereocenters. The maximum absolute atomic E-state index is 11.1. The third kappa shape index (κ3) is 1.62. The minimum Gasteiger partial charge on any atom is -0.366 e. The molecule has 0 spiro atoms. The highest BCUT2D eigenvalue weighted by molar-refractivity contribution is 6.31. The van der Waals surface area contributed by atoms with Crippen molar-refractivity contribution in [2.75, 3.05) is 0 Å². The van der Waals surface area contributed by atoms with Gasteiger partial charge in [0.05, 0.1) is 0 Å². The van der Waals surface area contributed by atoms with E-state index in [1.165, 1.54) is 18.4 Å². The second-order valence-electron chi connectivity index (χ2n) is 3.81. The number of hydrogen-bond acceptors (Lipinski definition) is 1. The SMILES string of the molecule is Cc1c(C(N)=O)cc(Cl)cc1C1CC1. The highest BCUT2D eigenvalue weighted by Gasteiger charge is 2.26. The number of primary amides is 1. The normalized spacial score (nSPS) is 15.6. The van der Waals surface area contributed by atoms with Crippen molar-refractivity contribution >= 4 is 17.5 Å². The molecular weight excluding hydrogens is 198 g/mol.